The molecule has 0 aliphatic heterocycles. The Hall–Kier alpha value is -1.80. The van der Waals surface area contributed by atoms with E-state index in [4.69, 9.17) is 4.74 Å². The van der Waals surface area contributed by atoms with Crippen molar-refractivity contribution in [1.82, 2.24) is 0 Å². The van der Waals surface area contributed by atoms with Crippen molar-refractivity contribution in [3.05, 3.63) is 65.2 Å². The third-order valence-corrected chi connectivity index (χ3v) is 3.49. The van der Waals surface area contributed by atoms with Gasteiger partial charge in [-0.15, -0.1) is 0 Å². The zero-order valence-corrected chi connectivity index (χ0v) is 12.6. The average Bonchev–Trinajstić information content (AvgIpc) is 2.46. The molecular weight excluding hydrogens is 248 g/mol. The number of aliphatic hydroxyl groups excluding tert-OH is 1. The van der Waals surface area contributed by atoms with Crippen LogP contribution in [0, 0.1) is 0 Å². The molecular formula is C18H22O2. The van der Waals surface area contributed by atoms with Crippen molar-refractivity contribution in [3.63, 3.8) is 0 Å². The van der Waals surface area contributed by atoms with Crippen LogP contribution in [0.2, 0.25) is 0 Å². The van der Waals surface area contributed by atoms with E-state index in [9.17, 15) is 5.11 Å². The molecule has 2 rings (SSSR count). The summed E-state index contributed by atoms with van der Waals surface area (Å²) in [7, 11) is 1.64. The zero-order chi connectivity index (χ0) is 14.8. The van der Waals surface area contributed by atoms with Crippen molar-refractivity contribution in [2.75, 3.05) is 7.11 Å². The van der Waals surface area contributed by atoms with Gasteiger partial charge in [0.15, 0.2) is 0 Å². The summed E-state index contributed by atoms with van der Waals surface area (Å²) in [5.74, 6) is 0.796. The Morgan fingerprint density at radius 1 is 0.950 bits per heavy atom. The lowest BCUT2D eigenvalue weighted by Gasteiger charge is -2.25. The molecule has 106 valence electrons. The Bertz CT molecular complexity index is 565. The van der Waals surface area contributed by atoms with Crippen LogP contribution in [0.4, 0.5) is 0 Å². The van der Waals surface area contributed by atoms with Gasteiger partial charge in [-0.2, -0.15) is 0 Å². The zero-order valence-electron chi connectivity index (χ0n) is 12.6. The minimum atomic E-state index is -0.615. The average molecular weight is 270 g/mol. The van der Waals surface area contributed by atoms with E-state index in [0.29, 0.717) is 0 Å². The SMILES string of the molecule is COc1ccc(C(O)c2ccccc2C(C)(C)C)cc1. The largest absolute Gasteiger partial charge is 0.497 e. The van der Waals surface area contributed by atoms with Gasteiger partial charge in [-0.05, 0) is 34.2 Å². The van der Waals surface area contributed by atoms with Crippen molar-refractivity contribution < 1.29 is 9.84 Å². The molecule has 0 aliphatic carbocycles. The molecule has 2 heteroatoms. The highest BCUT2D eigenvalue weighted by Crippen LogP contribution is 2.32. The van der Waals surface area contributed by atoms with E-state index in [0.717, 1.165) is 16.9 Å². The quantitative estimate of drug-likeness (QED) is 0.910. The lowest BCUT2D eigenvalue weighted by atomic mass is 9.81. The van der Waals surface area contributed by atoms with Crippen LogP contribution < -0.4 is 4.74 Å². The Kier molecular flexibility index (Phi) is 4.15. The van der Waals surface area contributed by atoms with Crippen LogP contribution in [0.25, 0.3) is 0 Å². The monoisotopic (exact) mass is 270 g/mol. The molecule has 2 nitrogen and oxygen atoms in total. The molecule has 0 radical (unpaired) electrons. The molecule has 0 bridgehead atoms. The number of hydrogen-bond acceptors (Lipinski definition) is 2. The van der Waals surface area contributed by atoms with E-state index in [1.165, 1.54) is 5.56 Å². The molecule has 0 saturated carbocycles. The first kappa shape index (κ1) is 14.6. The van der Waals surface area contributed by atoms with Gasteiger partial charge in [0.2, 0.25) is 0 Å². The Balaban J connectivity index is 2.40. The maximum absolute atomic E-state index is 10.7. The van der Waals surface area contributed by atoms with Gasteiger partial charge >= 0.3 is 0 Å². The first-order valence-electron chi connectivity index (χ1n) is 6.85. The molecule has 20 heavy (non-hydrogen) atoms. The summed E-state index contributed by atoms with van der Waals surface area (Å²) in [6.45, 7) is 6.48. The van der Waals surface area contributed by atoms with Crippen LogP contribution in [0.3, 0.4) is 0 Å². The van der Waals surface area contributed by atoms with Crippen molar-refractivity contribution in [2.24, 2.45) is 0 Å². The van der Waals surface area contributed by atoms with Gasteiger partial charge in [-0.1, -0.05) is 57.2 Å². The number of benzene rings is 2. The second-order valence-electron chi connectivity index (χ2n) is 6.01. The highest BCUT2D eigenvalue weighted by Gasteiger charge is 2.22. The minimum Gasteiger partial charge on any atom is -0.497 e. The number of rotatable bonds is 3. The molecule has 0 aliphatic rings. The fourth-order valence-corrected chi connectivity index (χ4v) is 2.38. The van der Waals surface area contributed by atoms with Gasteiger partial charge in [-0.25, -0.2) is 0 Å². The highest BCUT2D eigenvalue weighted by molar-refractivity contribution is 5.40. The van der Waals surface area contributed by atoms with Crippen molar-refractivity contribution in [1.29, 1.82) is 0 Å². The number of ether oxygens (including phenoxy) is 1. The second kappa shape index (κ2) is 5.68. The minimum absolute atomic E-state index is 0.00401. The van der Waals surface area contributed by atoms with Gasteiger partial charge in [-0.3, -0.25) is 0 Å². The second-order valence-corrected chi connectivity index (χ2v) is 6.01. The number of aliphatic hydroxyl groups is 1. The van der Waals surface area contributed by atoms with Crippen LogP contribution in [0.5, 0.6) is 5.75 Å². The predicted molar refractivity (Wildman–Crippen MR) is 82.2 cm³/mol. The van der Waals surface area contributed by atoms with Crippen molar-refractivity contribution in [2.45, 2.75) is 32.3 Å². The molecule has 1 N–H and O–H groups in total. The Morgan fingerprint density at radius 3 is 2.10 bits per heavy atom. The molecule has 2 aromatic rings. The van der Waals surface area contributed by atoms with E-state index >= 15 is 0 Å². The summed E-state index contributed by atoms with van der Waals surface area (Å²) < 4.78 is 5.15. The van der Waals surface area contributed by atoms with Crippen molar-refractivity contribution >= 4 is 0 Å². The lowest BCUT2D eigenvalue weighted by molar-refractivity contribution is 0.217. The maximum Gasteiger partial charge on any atom is 0.118 e. The van der Waals surface area contributed by atoms with E-state index in [1.54, 1.807) is 7.11 Å². The topological polar surface area (TPSA) is 29.5 Å². The summed E-state index contributed by atoms with van der Waals surface area (Å²) in [5.41, 5.74) is 3.01. The van der Waals surface area contributed by atoms with Crippen molar-refractivity contribution in [3.8, 4) is 5.75 Å². The van der Waals surface area contributed by atoms with Crippen LogP contribution in [0.1, 0.15) is 43.6 Å². The first-order valence-corrected chi connectivity index (χ1v) is 6.85. The maximum atomic E-state index is 10.7. The third-order valence-electron chi connectivity index (χ3n) is 3.49. The Labute approximate surface area is 121 Å². The summed E-state index contributed by atoms with van der Waals surface area (Å²) in [6.07, 6.45) is -0.615. The molecule has 0 amide bonds. The van der Waals surface area contributed by atoms with E-state index in [-0.39, 0.29) is 5.41 Å². The molecule has 0 fully saturated rings. The molecule has 0 heterocycles. The van der Waals surface area contributed by atoms with Crippen LogP contribution in [0.15, 0.2) is 48.5 Å². The van der Waals surface area contributed by atoms with Crippen LogP contribution >= 0.6 is 0 Å². The summed E-state index contributed by atoms with van der Waals surface area (Å²) in [5, 5.41) is 10.7. The fourth-order valence-electron chi connectivity index (χ4n) is 2.38. The smallest absolute Gasteiger partial charge is 0.118 e. The normalized spacial score (nSPS) is 13.1. The predicted octanol–water partition coefficient (Wildman–Crippen LogP) is 4.07. The molecule has 0 saturated heterocycles. The third kappa shape index (κ3) is 3.02. The standard InChI is InChI=1S/C18H22O2/c1-18(2,3)16-8-6-5-7-15(16)17(19)13-9-11-14(20-4)12-10-13/h5-12,17,19H,1-4H3. The Morgan fingerprint density at radius 2 is 1.55 bits per heavy atom. The summed E-state index contributed by atoms with van der Waals surface area (Å²) in [4.78, 5) is 0. The lowest BCUT2D eigenvalue weighted by Crippen LogP contribution is -2.16. The number of methoxy groups -OCH3 is 1. The van der Waals surface area contributed by atoms with E-state index < -0.39 is 6.10 Å². The van der Waals surface area contributed by atoms with Crippen LogP contribution in [-0.4, -0.2) is 12.2 Å². The highest BCUT2D eigenvalue weighted by atomic mass is 16.5. The molecule has 0 spiro atoms. The van der Waals surface area contributed by atoms with Gasteiger partial charge in [0.05, 0.1) is 7.11 Å². The first-order chi connectivity index (χ1) is 9.43. The molecule has 1 atom stereocenters. The molecule has 2 aromatic carbocycles. The number of hydrogen-bond donors (Lipinski definition) is 1. The van der Waals surface area contributed by atoms with E-state index in [1.807, 2.05) is 42.5 Å². The molecule has 0 aromatic heterocycles. The fraction of sp³-hybridized carbons (Fsp3) is 0.333. The van der Waals surface area contributed by atoms with Gasteiger partial charge < -0.3 is 9.84 Å². The summed E-state index contributed by atoms with van der Waals surface area (Å²) >= 11 is 0. The van der Waals surface area contributed by atoms with Crippen LogP contribution in [-0.2, 0) is 5.41 Å². The van der Waals surface area contributed by atoms with Gasteiger partial charge in [0.25, 0.3) is 0 Å². The molecule has 1 unspecified atom stereocenters. The van der Waals surface area contributed by atoms with Gasteiger partial charge in [0, 0.05) is 0 Å². The van der Waals surface area contributed by atoms with Gasteiger partial charge in [0.1, 0.15) is 11.9 Å². The van der Waals surface area contributed by atoms with E-state index in [2.05, 4.69) is 26.8 Å². The summed E-state index contributed by atoms with van der Waals surface area (Å²) in [6, 6.07) is 15.6.